The van der Waals surface area contributed by atoms with Crippen molar-refractivity contribution in [1.82, 2.24) is 9.88 Å². The summed E-state index contributed by atoms with van der Waals surface area (Å²) in [5, 5.41) is 0. The van der Waals surface area contributed by atoms with E-state index in [1.165, 1.54) is 0 Å². The summed E-state index contributed by atoms with van der Waals surface area (Å²) in [6.45, 7) is 3.42. The molecule has 124 valence electrons. The van der Waals surface area contributed by atoms with Crippen LogP contribution >= 0.6 is 12.4 Å². The third-order valence-corrected chi connectivity index (χ3v) is 3.59. The summed E-state index contributed by atoms with van der Waals surface area (Å²) in [5.74, 6) is -0.0241. The van der Waals surface area contributed by atoms with E-state index in [0.29, 0.717) is 13.1 Å². The maximum absolute atomic E-state index is 12.6. The van der Waals surface area contributed by atoms with Crippen LogP contribution in [-0.4, -0.2) is 28.9 Å². The Morgan fingerprint density at radius 2 is 1.83 bits per heavy atom. The lowest BCUT2D eigenvalue weighted by Crippen LogP contribution is -2.40. The summed E-state index contributed by atoms with van der Waals surface area (Å²) >= 11 is 0. The van der Waals surface area contributed by atoms with Gasteiger partial charge in [0, 0.05) is 31.4 Å². The van der Waals surface area contributed by atoms with Crippen LogP contribution in [0, 0.1) is 0 Å². The Balaban J connectivity index is 0.00000264. The summed E-state index contributed by atoms with van der Waals surface area (Å²) in [6.07, 6.45) is 3.43. The third kappa shape index (κ3) is 5.66. The molecule has 2 rings (SSSR count). The van der Waals surface area contributed by atoms with Gasteiger partial charge in [-0.25, -0.2) is 0 Å². The highest BCUT2D eigenvalue weighted by atomic mass is 35.5. The monoisotopic (exact) mass is 333 g/mol. The first-order valence-corrected chi connectivity index (χ1v) is 7.71. The van der Waals surface area contributed by atoms with Crippen molar-refractivity contribution in [2.45, 2.75) is 25.8 Å². The number of benzene rings is 1. The second-order valence-electron chi connectivity index (χ2n) is 5.28. The average molecular weight is 334 g/mol. The normalized spacial score (nSPS) is 11.4. The van der Waals surface area contributed by atoms with E-state index < -0.39 is 6.04 Å². The Bertz CT molecular complexity index is 577. The first-order chi connectivity index (χ1) is 10.7. The number of aromatic nitrogens is 1. The standard InChI is InChI=1S/C18H23N3O.ClH/c1-2-13-21(14-11-16-10-6-7-12-20-16)18(22)17(19)15-8-4-3-5-9-15;/h3-10,12,17H,2,11,13-14,19H2,1H3;1H. The van der Waals surface area contributed by atoms with E-state index in [9.17, 15) is 4.79 Å². The smallest absolute Gasteiger partial charge is 0.244 e. The molecule has 4 nitrogen and oxygen atoms in total. The molecule has 5 heteroatoms. The number of carbonyl (C=O) groups excluding carboxylic acids is 1. The number of carbonyl (C=O) groups is 1. The fourth-order valence-electron chi connectivity index (χ4n) is 2.40. The molecule has 0 aliphatic heterocycles. The topological polar surface area (TPSA) is 59.2 Å². The first-order valence-electron chi connectivity index (χ1n) is 7.71. The summed E-state index contributed by atoms with van der Waals surface area (Å²) < 4.78 is 0. The van der Waals surface area contributed by atoms with Gasteiger partial charge in [0.1, 0.15) is 6.04 Å². The zero-order chi connectivity index (χ0) is 15.8. The van der Waals surface area contributed by atoms with Gasteiger partial charge < -0.3 is 10.6 Å². The molecule has 1 aromatic carbocycles. The van der Waals surface area contributed by atoms with Gasteiger partial charge in [0.15, 0.2) is 0 Å². The summed E-state index contributed by atoms with van der Waals surface area (Å²) in [4.78, 5) is 18.8. The van der Waals surface area contributed by atoms with Gasteiger partial charge in [-0.15, -0.1) is 12.4 Å². The molecule has 1 amide bonds. The Morgan fingerprint density at radius 3 is 2.43 bits per heavy atom. The van der Waals surface area contributed by atoms with E-state index in [4.69, 9.17) is 5.73 Å². The van der Waals surface area contributed by atoms with Crippen LogP contribution in [0.15, 0.2) is 54.7 Å². The third-order valence-electron chi connectivity index (χ3n) is 3.59. The van der Waals surface area contributed by atoms with Crippen LogP contribution in [0.2, 0.25) is 0 Å². The Labute approximate surface area is 144 Å². The van der Waals surface area contributed by atoms with Gasteiger partial charge in [-0.3, -0.25) is 9.78 Å². The predicted molar refractivity (Wildman–Crippen MR) is 95.4 cm³/mol. The second kappa shape index (κ2) is 9.98. The molecule has 0 fully saturated rings. The fraction of sp³-hybridized carbons (Fsp3) is 0.333. The molecule has 2 aromatic rings. The Kier molecular flexibility index (Phi) is 8.30. The fourth-order valence-corrected chi connectivity index (χ4v) is 2.40. The first kappa shape index (κ1) is 19.1. The molecule has 0 saturated carbocycles. The van der Waals surface area contributed by atoms with Crippen molar-refractivity contribution >= 4 is 18.3 Å². The minimum Gasteiger partial charge on any atom is -0.341 e. The molecule has 0 radical (unpaired) electrons. The largest absolute Gasteiger partial charge is 0.341 e. The van der Waals surface area contributed by atoms with Crippen molar-refractivity contribution in [2.24, 2.45) is 5.73 Å². The predicted octanol–water partition coefficient (Wildman–Crippen LogP) is 2.98. The van der Waals surface area contributed by atoms with E-state index >= 15 is 0 Å². The number of nitrogens with zero attached hydrogens (tertiary/aromatic N) is 2. The number of nitrogens with two attached hydrogens (primary N) is 1. The lowest BCUT2D eigenvalue weighted by molar-refractivity contribution is -0.132. The maximum Gasteiger partial charge on any atom is 0.244 e. The van der Waals surface area contributed by atoms with Crippen molar-refractivity contribution in [3.05, 3.63) is 66.0 Å². The molecule has 0 aliphatic carbocycles. The van der Waals surface area contributed by atoms with Gasteiger partial charge in [-0.05, 0) is 24.1 Å². The second-order valence-corrected chi connectivity index (χ2v) is 5.28. The highest BCUT2D eigenvalue weighted by Gasteiger charge is 2.21. The summed E-state index contributed by atoms with van der Waals surface area (Å²) in [6, 6.07) is 14.7. The van der Waals surface area contributed by atoms with Crippen LogP contribution in [-0.2, 0) is 11.2 Å². The van der Waals surface area contributed by atoms with Crippen molar-refractivity contribution in [3.63, 3.8) is 0 Å². The maximum atomic E-state index is 12.6. The van der Waals surface area contributed by atoms with Gasteiger partial charge in [0.05, 0.1) is 0 Å². The molecule has 0 spiro atoms. The number of rotatable bonds is 7. The van der Waals surface area contributed by atoms with Crippen molar-refractivity contribution < 1.29 is 4.79 Å². The van der Waals surface area contributed by atoms with E-state index in [-0.39, 0.29) is 18.3 Å². The van der Waals surface area contributed by atoms with E-state index in [0.717, 1.165) is 24.1 Å². The Hall–Kier alpha value is -1.91. The van der Waals surface area contributed by atoms with Gasteiger partial charge in [-0.2, -0.15) is 0 Å². The highest BCUT2D eigenvalue weighted by Crippen LogP contribution is 2.13. The molecule has 2 N–H and O–H groups in total. The van der Waals surface area contributed by atoms with Crippen LogP contribution in [0.25, 0.3) is 0 Å². The quantitative estimate of drug-likeness (QED) is 0.847. The Morgan fingerprint density at radius 1 is 1.13 bits per heavy atom. The molecule has 0 aliphatic rings. The number of halogens is 1. The van der Waals surface area contributed by atoms with E-state index in [2.05, 4.69) is 11.9 Å². The molecule has 23 heavy (non-hydrogen) atoms. The molecule has 1 heterocycles. The molecule has 0 bridgehead atoms. The van der Waals surface area contributed by atoms with Crippen molar-refractivity contribution in [2.75, 3.05) is 13.1 Å². The van der Waals surface area contributed by atoms with Crippen LogP contribution in [0.4, 0.5) is 0 Å². The van der Waals surface area contributed by atoms with Crippen LogP contribution in [0.3, 0.4) is 0 Å². The van der Waals surface area contributed by atoms with Gasteiger partial charge >= 0.3 is 0 Å². The van der Waals surface area contributed by atoms with E-state index in [1.807, 2.05) is 53.4 Å². The number of amides is 1. The van der Waals surface area contributed by atoms with Gasteiger partial charge in [-0.1, -0.05) is 43.3 Å². The summed E-state index contributed by atoms with van der Waals surface area (Å²) in [7, 11) is 0. The number of pyridine rings is 1. The lowest BCUT2D eigenvalue weighted by atomic mass is 10.1. The van der Waals surface area contributed by atoms with Crippen LogP contribution in [0.5, 0.6) is 0 Å². The number of hydrogen-bond donors (Lipinski definition) is 1. The minimum atomic E-state index is -0.600. The van der Waals surface area contributed by atoms with Crippen molar-refractivity contribution in [3.8, 4) is 0 Å². The highest BCUT2D eigenvalue weighted by molar-refractivity contribution is 5.85. The zero-order valence-corrected chi connectivity index (χ0v) is 14.2. The van der Waals surface area contributed by atoms with Crippen LogP contribution < -0.4 is 5.73 Å². The summed E-state index contributed by atoms with van der Waals surface area (Å²) in [5.41, 5.74) is 7.98. The SMILES string of the molecule is CCCN(CCc1ccccn1)C(=O)C(N)c1ccccc1.Cl. The van der Waals surface area contributed by atoms with Crippen LogP contribution in [0.1, 0.15) is 30.6 Å². The zero-order valence-electron chi connectivity index (χ0n) is 13.4. The van der Waals surface area contributed by atoms with E-state index in [1.54, 1.807) is 6.20 Å². The lowest BCUT2D eigenvalue weighted by Gasteiger charge is -2.25. The van der Waals surface area contributed by atoms with Gasteiger partial charge in [0.2, 0.25) is 5.91 Å². The minimum absolute atomic E-state index is 0. The van der Waals surface area contributed by atoms with Gasteiger partial charge in [0.25, 0.3) is 0 Å². The number of hydrogen-bond acceptors (Lipinski definition) is 3. The molecule has 0 saturated heterocycles. The molecular formula is C18H24ClN3O. The molecule has 1 aromatic heterocycles. The molecule has 1 atom stereocenters. The van der Waals surface area contributed by atoms with Crippen molar-refractivity contribution in [1.29, 1.82) is 0 Å². The average Bonchev–Trinajstić information content (AvgIpc) is 2.59. The molecule has 1 unspecified atom stereocenters. The molecular weight excluding hydrogens is 310 g/mol.